The Balaban J connectivity index is 1.16. The maximum absolute atomic E-state index is 15.1. The number of rotatable bonds is 11. The number of pyridine rings is 1. The lowest BCUT2D eigenvalue weighted by atomic mass is 10.0. The van der Waals surface area contributed by atoms with Gasteiger partial charge in [0.15, 0.2) is 0 Å². The fourth-order valence-corrected chi connectivity index (χ4v) is 11.0. The van der Waals surface area contributed by atoms with E-state index < -0.39 is 56.2 Å². The highest BCUT2D eigenvalue weighted by atomic mass is 32.2. The number of aromatic nitrogens is 2. The Labute approximate surface area is 378 Å². The molecule has 4 aromatic rings. The molecular formula is C47H57N7O8S2. The number of carbonyl (C=O) groups excluding carboxylic acids is 4. The van der Waals surface area contributed by atoms with Crippen LogP contribution >= 0.6 is 11.3 Å². The van der Waals surface area contributed by atoms with Crippen LogP contribution in [0.2, 0.25) is 0 Å². The van der Waals surface area contributed by atoms with Crippen LogP contribution in [-0.4, -0.2) is 96.1 Å². The number of methoxy groups -OCH3 is 1. The second kappa shape index (κ2) is 17.8. The predicted molar refractivity (Wildman–Crippen MR) is 246 cm³/mol. The molecule has 2 aromatic carbocycles. The summed E-state index contributed by atoms with van der Waals surface area (Å²) in [5.74, 6) is -1.05. The van der Waals surface area contributed by atoms with Gasteiger partial charge in [0, 0.05) is 53.0 Å². The van der Waals surface area contributed by atoms with Gasteiger partial charge in [0.05, 0.1) is 29.6 Å². The van der Waals surface area contributed by atoms with Gasteiger partial charge in [-0.25, -0.2) is 18.4 Å². The molecule has 2 saturated carbocycles. The minimum absolute atomic E-state index is 0.0334. The molecule has 2 aliphatic heterocycles. The standard InChI is InChI=1S/C47H57N7O8S2/c1-27(2)36-26-63-43(51-36)35-23-39(33-17-18-38(61-6)28(3)40(33)50-35)62-32-22-37-42(56)52-47(45(58)53-64(59,60)46(4)19-20-46)24-30(47)14-10-8-7-9-11-16-34(44(57)54(37)25-32)49-31-15-12-13-29(21-31)41(55)48-5/h10,12-15,17-18,21,23,26-27,30,32,34,37,49H,7-9,11,16,19-20,22,24-25H2,1-6H3,(H,48,55)(H,52,56)(H,53,58)/b14-10-/t30-,32+,34-,37-,47+/m0/s1. The van der Waals surface area contributed by atoms with Gasteiger partial charge in [-0.1, -0.05) is 44.9 Å². The largest absolute Gasteiger partial charge is 0.496 e. The Morgan fingerprint density at radius 3 is 2.56 bits per heavy atom. The first-order valence-corrected chi connectivity index (χ1v) is 24.5. The smallest absolute Gasteiger partial charge is 0.259 e. The Morgan fingerprint density at radius 1 is 1.05 bits per heavy atom. The van der Waals surface area contributed by atoms with Gasteiger partial charge in [0.25, 0.3) is 11.8 Å². The summed E-state index contributed by atoms with van der Waals surface area (Å²) >= 11 is 1.49. The molecule has 64 heavy (non-hydrogen) atoms. The summed E-state index contributed by atoms with van der Waals surface area (Å²) in [4.78, 5) is 68.0. The van der Waals surface area contributed by atoms with E-state index in [1.807, 2.05) is 42.7 Å². The van der Waals surface area contributed by atoms with Crippen molar-refractivity contribution >= 4 is 61.6 Å². The van der Waals surface area contributed by atoms with Gasteiger partial charge in [-0.3, -0.25) is 23.9 Å². The van der Waals surface area contributed by atoms with Gasteiger partial charge < -0.3 is 30.3 Å². The number of fused-ring (bicyclic) bond motifs is 3. The first kappa shape index (κ1) is 45.0. The maximum Gasteiger partial charge on any atom is 0.259 e. The van der Waals surface area contributed by atoms with E-state index in [0.717, 1.165) is 29.1 Å². The molecule has 2 aromatic heterocycles. The SMILES string of the molecule is CNC(=O)c1cccc(N[C@H]2CCCCC/C=C\[C@H]3C[C@@]3(C(=O)NS(=O)(=O)C3(C)CC3)NC(=O)[C@@H]3C[C@@H](Oc4cc(-c5nc(C(C)C)cs5)nc5c(C)c(OC)ccc45)CN3C2=O)c1. The molecular weight excluding hydrogens is 855 g/mol. The van der Waals surface area contributed by atoms with Crippen molar-refractivity contribution in [2.24, 2.45) is 5.92 Å². The Kier molecular flexibility index (Phi) is 12.5. The predicted octanol–water partition coefficient (Wildman–Crippen LogP) is 6.38. The third kappa shape index (κ3) is 8.93. The number of allylic oxidation sites excluding steroid dienone is 1. The zero-order valence-corrected chi connectivity index (χ0v) is 38.8. The number of sulfonamides is 1. The molecule has 2 aliphatic carbocycles. The summed E-state index contributed by atoms with van der Waals surface area (Å²) < 4.78 is 40.5. The molecule has 1 saturated heterocycles. The van der Waals surface area contributed by atoms with Gasteiger partial charge in [-0.15, -0.1) is 11.3 Å². The van der Waals surface area contributed by atoms with Crippen LogP contribution in [0.1, 0.15) is 106 Å². The molecule has 4 amide bonds. The number of carbonyl (C=O) groups is 4. The van der Waals surface area contributed by atoms with E-state index in [2.05, 4.69) is 34.5 Å². The molecule has 4 aliphatic rings. The number of thiazole rings is 1. The fraction of sp³-hybridized carbons (Fsp3) is 0.489. The third-order valence-electron chi connectivity index (χ3n) is 13.2. The van der Waals surface area contributed by atoms with E-state index in [4.69, 9.17) is 19.4 Å². The van der Waals surface area contributed by atoms with E-state index >= 15 is 4.79 Å². The Morgan fingerprint density at radius 2 is 1.84 bits per heavy atom. The minimum atomic E-state index is -4.01. The zero-order chi connectivity index (χ0) is 45.6. The average molecular weight is 912 g/mol. The van der Waals surface area contributed by atoms with Crippen LogP contribution in [0.4, 0.5) is 5.69 Å². The number of benzene rings is 2. The Hall–Kier alpha value is -5.55. The van der Waals surface area contributed by atoms with Crippen LogP contribution in [0, 0.1) is 12.8 Å². The van der Waals surface area contributed by atoms with Crippen LogP contribution in [0.5, 0.6) is 11.5 Å². The number of hydrogen-bond donors (Lipinski definition) is 4. The number of amides is 4. The van der Waals surface area contributed by atoms with Crippen molar-refractivity contribution in [2.75, 3.05) is 26.0 Å². The van der Waals surface area contributed by atoms with E-state index in [9.17, 15) is 22.8 Å². The number of hydrogen-bond acceptors (Lipinski definition) is 12. The molecule has 0 unspecified atom stereocenters. The zero-order valence-electron chi connectivity index (χ0n) is 37.2. The highest BCUT2D eigenvalue weighted by molar-refractivity contribution is 7.91. The molecule has 17 heteroatoms. The van der Waals surface area contributed by atoms with Gasteiger partial charge in [-0.2, -0.15) is 0 Å². The first-order valence-electron chi connectivity index (χ1n) is 22.1. The maximum atomic E-state index is 15.1. The lowest BCUT2D eigenvalue weighted by Gasteiger charge is -2.30. The average Bonchev–Trinajstić information content (AvgIpc) is 4.05. The van der Waals surface area contributed by atoms with Gasteiger partial charge in [-0.05, 0) is 88.6 Å². The number of anilines is 1. The summed E-state index contributed by atoms with van der Waals surface area (Å²) in [6.07, 6.45) is 7.86. The minimum Gasteiger partial charge on any atom is -0.496 e. The van der Waals surface area contributed by atoms with Crippen molar-refractivity contribution in [2.45, 2.75) is 120 Å². The van der Waals surface area contributed by atoms with E-state index in [1.165, 1.54) is 16.2 Å². The van der Waals surface area contributed by atoms with Crippen LogP contribution in [0.15, 0.2) is 60.0 Å². The molecule has 3 fully saturated rings. The van der Waals surface area contributed by atoms with Crippen LogP contribution in [0.25, 0.3) is 21.6 Å². The highest BCUT2D eigenvalue weighted by Crippen LogP contribution is 2.48. The molecule has 0 radical (unpaired) electrons. The van der Waals surface area contributed by atoms with Crippen molar-refractivity contribution in [3.8, 4) is 22.2 Å². The molecule has 340 valence electrons. The van der Waals surface area contributed by atoms with Crippen molar-refractivity contribution in [1.29, 1.82) is 0 Å². The number of nitrogens with zero attached hydrogens (tertiary/aromatic N) is 3. The molecule has 4 heterocycles. The lowest BCUT2D eigenvalue weighted by Crippen LogP contribution is -2.58. The number of aryl methyl sites for hydroxylation is 1. The summed E-state index contributed by atoms with van der Waals surface area (Å²) in [6, 6.07) is 10.6. The van der Waals surface area contributed by atoms with Crippen LogP contribution < -0.4 is 30.1 Å². The second-order valence-electron chi connectivity index (χ2n) is 18.1. The van der Waals surface area contributed by atoms with Crippen molar-refractivity contribution in [3.05, 3.63) is 76.8 Å². The first-order chi connectivity index (χ1) is 30.6. The molecule has 5 atom stereocenters. The van der Waals surface area contributed by atoms with Crippen molar-refractivity contribution in [1.82, 2.24) is 30.2 Å². The molecule has 0 bridgehead atoms. The number of ether oxygens (including phenoxy) is 2. The van der Waals surface area contributed by atoms with E-state index in [0.29, 0.717) is 71.5 Å². The van der Waals surface area contributed by atoms with Gasteiger partial charge >= 0.3 is 0 Å². The van der Waals surface area contributed by atoms with Gasteiger partial charge in [0.1, 0.15) is 45.9 Å². The van der Waals surface area contributed by atoms with Crippen molar-refractivity contribution < 1.29 is 37.1 Å². The normalized spacial score (nSPS) is 25.0. The number of nitrogens with one attached hydrogen (secondary N) is 4. The van der Waals surface area contributed by atoms with E-state index in [1.54, 1.807) is 45.3 Å². The molecule has 0 spiro atoms. The lowest BCUT2D eigenvalue weighted by molar-refractivity contribution is -0.140. The summed E-state index contributed by atoms with van der Waals surface area (Å²) in [5, 5.41) is 12.5. The van der Waals surface area contributed by atoms with Crippen molar-refractivity contribution in [3.63, 3.8) is 0 Å². The van der Waals surface area contributed by atoms with Crippen LogP contribution in [0.3, 0.4) is 0 Å². The topological polar surface area (TPSA) is 198 Å². The molecule has 15 nitrogen and oxygen atoms in total. The fourth-order valence-electron chi connectivity index (χ4n) is 8.70. The highest BCUT2D eigenvalue weighted by Gasteiger charge is 2.63. The van der Waals surface area contributed by atoms with Crippen LogP contribution in [-0.2, 0) is 24.4 Å². The monoisotopic (exact) mass is 911 g/mol. The molecule has 4 N–H and O–H groups in total. The third-order valence-corrected chi connectivity index (χ3v) is 16.2. The van der Waals surface area contributed by atoms with Gasteiger partial charge in [0.2, 0.25) is 21.8 Å². The Bertz CT molecular complexity index is 2630. The summed E-state index contributed by atoms with van der Waals surface area (Å²) in [6.45, 7) is 7.73. The molecule has 8 rings (SSSR count). The van der Waals surface area contributed by atoms with E-state index in [-0.39, 0.29) is 37.1 Å². The second-order valence-corrected chi connectivity index (χ2v) is 21.1. The summed E-state index contributed by atoms with van der Waals surface area (Å²) in [5.41, 5.74) is 2.49. The summed E-state index contributed by atoms with van der Waals surface area (Å²) in [7, 11) is -0.851. The quantitative estimate of drug-likeness (QED) is 0.122.